The number of unbranched alkanes of at least 4 members (excludes halogenated alkanes) is 1. The van der Waals surface area contributed by atoms with Gasteiger partial charge in [-0.2, -0.15) is 0 Å². The van der Waals surface area contributed by atoms with E-state index in [1.54, 1.807) is 12.1 Å². The Balaban J connectivity index is 2.67. The predicted octanol–water partition coefficient (Wildman–Crippen LogP) is -3.08. The van der Waals surface area contributed by atoms with Crippen LogP contribution < -0.4 is 48.0 Å². The Hall–Kier alpha value is -7.02. The van der Waals surface area contributed by atoms with Gasteiger partial charge in [0.05, 0.1) is 19.3 Å². The quantitative estimate of drug-likeness (QED) is 0.0144. The van der Waals surface area contributed by atoms with Crippen molar-refractivity contribution in [2.75, 3.05) is 24.7 Å². The van der Waals surface area contributed by atoms with Gasteiger partial charge >= 0.3 is 54.0 Å². The number of carboxylic acids is 6. The van der Waals surface area contributed by atoms with Gasteiger partial charge in [-0.15, -0.1) is 0 Å². The number of aliphatic carboxylic acids is 6. The third kappa shape index (κ3) is 26.5. The average molecular weight is 990 g/mol. The highest BCUT2D eigenvalue weighted by Crippen LogP contribution is 2.22. The molecule has 0 aromatic heterocycles. The molecule has 0 radical (unpaired) electrons. The second kappa shape index (κ2) is 31.8. The first-order valence-electron chi connectivity index (χ1n) is 19.9. The first kappa shape index (κ1) is 58.0. The van der Waals surface area contributed by atoms with E-state index in [9.17, 15) is 78.0 Å². The Bertz CT molecular complexity index is 1920. The van der Waals surface area contributed by atoms with Crippen LogP contribution in [-0.4, -0.2) is 165 Å². The number of urea groups is 2. The monoisotopic (exact) mass is 989 g/mol. The highest BCUT2D eigenvalue weighted by atomic mass is 33.1. The van der Waals surface area contributed by atoms with Crippen molar-refractivity contribution >= 4 is 101 Å². The van der Waals surface area contributed by atoms with Gasteiger partial charge in [0.25, 0.3) is 0 Å². The molecule has 5 atom stereocenters. The van der Waals surface area contributed by atoms with Gasteiger partial charge < -0.3 is 72.6 Å². The molecule has 1 aromatic rings. The maximum atomic E-state index is 13.1. The number of carbonyl (C=O) groups excluding carboxylic acids is 6. The summed E-state index contributed by atoms with van der Waals surface area (Å²) >= 11 is 0. The fourth-order valence-corrected chi connectivity index (χ4v) is 7.22. The summed E-state index contributed by atoms with van der Waals surface area (Å²) in [4.78, 5) is 143. The Morgan fingerprint density at radius 1 is 0.582 bits per heavy atom. The van der Waals surface area contributed by atoms with Crippen LogP contribution in [-0.2, 0) is 60.9 Å². The van der Waals surface area contributed by atoms with E-state index in [0.29, 0.717) is 11.1 Å². The van der Waals surface area contributed by atoms with Crippen LogP contribution in [0.1, 0.15) is 56.1 Å². The summed E-state index contributed by atoms with van der Waals surface area (Å²) in [6.45, 7) is 0.0903. The molecule has 0 saturated carbocycles. The van der Waals surface area contributed by atoms with Crippen LogP contribution in [0.2, 0.25) is 0 Å². The molecule has 370 valence electrons. The standard InChI is InChI=1S/C36H52BN9O19S2/c37-46-45-36(64)65-11-12-66-67-17-24(33(60)61)42-30(55)23(15-28(52)53)41-29(54)22(14-27(50)51)40-25(47)13-18-4-6-19(7-5-18)16-39-34(62)38-10-2-1-3-20(31(56)57)43-35(63)44-21(32(58)59)8-9-26(48)49/h4-7,20-24,46H,1-3,8-17,37H2,(H,40,47)(H,41,54)(H,42,55)(H,45,64)(H,48,49)(H,50,51)(H,52,53)(H,56,57)(H,58,59)(H,60,61)(H2,38,39,62)(H2,43,44,63)/t20-,21-,22-,23-,24-/m0/s1. The first-order chi connectivity index (χ1) is 31.6. The lowest BCUT2D eigenvalue weighted by atomic mass is 10.1. The number of rotatable bonds is 33. The minimum Gasteiger partial charge on any atom is -0.481 e. The molecule has 0 unspecified atom stereocenters. The van der Waals surface area contributed by atoms with E-state index in [1.807, 2.05) is 5.32 Å². The van der Waals surface area contributed by atoms with Crippen molar-refractivity contribution in [2.45, 2.75) is 88.1 Å². The largest absolute Gasteiger partial charge is 0.481 e. The lowest BCUT2D eigenvalue weighted by Gasteiger charge is -2.23. The van der Waals surface area contributed by atoms with Gasteiger partial charge in [0.1, 0.15) is 36.8 Å². The van der Waals surface area contributed by atoms with E-state index in [4.69, 9.17) is 14.9 Å². The summed E-state index contributed by atoms with van der Waals surface area (Å²) in [5.41, 5.74) is 3.14. The van der Waals surface area contributed by atoms with Crippen molar-refractivity contribution in [3.05, 3.63) is 35.4 Å². The topological polar surface area (TPSA) is 444 Å². The number of hydrogen-bond donors (Lipinski definition) is 15. The Morgan fingerprint density at radius 3 is 1.66 bits per heavy atom. The van der Waals surface area contributed by atoms with Crippen molar-refractivity contribution in [3.63, 3.8) is 0 Å². The molecule has 0 spiro atoms. The average Bonchev–Trinajstić information content (AvgIpc) is 3.23. The van der Waals surface area contributed by atoms with Gasteiger partial charge in [0, 0.05) is 31.0 Å². The molecule has 0 aliphatic heterocycles. The van der Waals surface area contributed by atoms with E-state index < -0.39 is 128 Å². The first-order valence-corrected chi connectivity index (χ1v) is 22.3. The number of benzene rings is 1. The second-order valence-corrected chi connectivity index (χ2v) is 16.5. The minimum absolute atomic E-state index is 0.0212. The van der Waals surface area contributed by atoms with Crippen LogP contribution in [0.3, 0.4) is 0 Å². The summed E-state index contributed by atoms with van der Waals surface area (Å²) in [5, 5.41) is 73.8. The molecule has 31 heteroatoms. The summed E-state index contributed by atoms with van der Waals surface area (Å²) in [6.07, 6.45) is -3.69. The number of hydrogen-bond acceptors (Lipinski definition) is 16. The predicted molar refractivity (Wildman–Crippen MR) is 235 cm³/mol. The lowest BCUT2D eigenvalue weighted by molar-refractivity contribution is -0.144. The van der Waals surface area contributed by atoms with Gasteiger partial charge in [-0.1, -0.05) is 45.9 Å². The van der Waals surface area contributed by atoms with E-state index in [1.165, 1.54) is 20.1 Å². The minimum atomic E-state index is -1.88. The van der Waals surface area contributed by atoms with Crippen LogP contribution in [0.15, 0.2) is 24.3 Å². The van der Waals surface area contributed by atoms with Crippen molar-refractivity contribution in [3.8, 4) is 0 Å². The fourth-order valence-electron chi connectivity index (χ4n) is 5.24. The fraction of sp³-hybridized carbons (Fsp3) is 0.500. The third-order valence-corrected chi connectivity index (χ3v) is 10.9. The molecule has 28 nitrogen and oxygen atoms in total. The van der Waals surface area contributed by atoms with E-state index in [2.05, 4.69) is 42.7 Å². The van der Waals surface area contributed by atoms with Gasteiger partial charge in [-0.3, -0.25) is 39.5 Å². The maximum Gasteiger partial charge on any atom is 0.420 e. The Morgan fingerprint density at radius 2 is 1.12 bits per heavy atom. The summed E-state index contributed by atoms with van der Waals surface area (Å²) in [5.74, 6) is -12.1. The molecule has 0 aliphatic rings. The van der Waals surface area contributed by atoms with Crippen LogP contribution in [0.25, 0.3) is 0 Å². The number of nitrogens with one attached hydrogen (secondary N) is 9. The molecule has 1 rings (SSSR count). The zero-order chi connectivity index (χ0) is 50.5. The maximum absolute atomic E-state index is 13.1. The van der Waals surface area contributed by atoms with E-state index in [-0.39, 0.29) is 56.9 Å². The highest BCUT2D eigenvalue weighted by Gasteiger charge is 2.32. The van der Waals surface area contributed by atoms with Gasteiger partial charge in [0.15, 0.2) is 0 Å². The smallest absolute Gasteiger partial charge is 0.420 e. The molecule has 8 amide bonds. The number of ether oxygens (including phenoxy) is 1. The van der Waals surface area contributed by atoms with Gasteiger partial charge in [0.2, 0.25) is 25.7 Å². The zero-order valence-corrected chi connectivity index (χ0v) is 37.3. The third-order valence-electron chi connectivity index (χ3n) is 8.50. The molecule has 67 heavy (non-hydrogen) atoms. The van der Waals surface area contributed by atoms with Crippen molar-refractivity contribution in [1.29, 1.82) is 0 Å². The number of hydrazine groups is 1. The second-order valence-electron chi connectivity index (χ2n) is 13.8. The summed E-state index contributed by atoms with van der Waals surface area (Å²) < 4.78 is 4.83. The summed E-state index contributed by atoms with van der Waals surface area (Å²) in [6, 6.07) is -3.79. The van der Waals surface area contributed by atoms with Crippen molar-refractivity contribution < 1.29 is 92.9 Å². The molecule has 0 aliphatic carbocycles. The van der Waals surface area contributed by atoms with Crippen LogP contribution in [0.4, 0.5) is 14.4 Å². The van der Waals surface area contributed by atoms with Gasteiger partial charge in [-0.05, 0) is 36.8 Å². The lowest BCUT2D eigenvalue weighted by Crippen LogP contribution is -2.57. The molecular formula is C36H52BN9O19S2. The number of carboxylic acid groups (broad SMARTS) is 6. The van der Waals surface area contributed by atoms with Gasteiger partial charge in [-0.25, -0.2) is 28.8 Å². The van der Waals surface area contributed by atoms with Crippen LogP contribution >= 0.6 is 21.6 Å². The Labute approximate surface area is 389 Å². The molecule has 0 heterocycles. The van der Waals surface area contributed by atoms with E-state index >= 15 is 0 Å². The molecule has 0 saturated heterocycles. The molecular weight excluding hydrogens is 937 g/mol. The molecule has 1 aromatic carbocycles. The number of amides is 8. The SMILES string of the molecule is BNNC(=O)OCCSSC[C@H](NC(=O)[C@H](CC(=O)O)NC(=O)[C@H](CC(=O)O)NC(=O)Cc1ccc(CNC(=O)NCCCC[C@H](NC(=O)N[C@@H](CCC(=O)O)C(=O)O)C(=O)O)cc1)C(=O)O. The molecule has 0 fully saturated rings. The van der Waals surface area contributed by atoms with E-state index in [0.717, 1.165) is 21.6 Å². The number of carbonyl (C=O) groups is 12. The van der Waals surface area contributed by atoms with Crippen LogP contribution in [0.5, 0.6) is 0 Å². The van der Waals surface area contributed by atoms with Crippen molar-refractivity contribution in [2.24, 2.45) is 0 Å². The van der Waals surface area contributed by atoms with Crippen LogP contribution in [0, 0.1) is 0 Å². The molecule has 0 bridgehead atoms. The normalized spacial score (nSPS) is 12.8. The van der Waals surface area contributed by atoms with Crippen molar-refractivity contribution in [1.82, 2.24) is 48.0 Å². The molecule has 15 N–H and O–H groups in total. The highest BCUT2D eigenvalue weighted by molar-refractivity contribution is 8.76. The zero-order valence-electron chi connectivity index (χ0n) is 35.7. The Kier molecular flexibility index (Phi) is 27.5. The summed E-state index contributed by atoms with van der Waals surface area (Å²) in [7, 11) is 3.54.